The third kappa shape index (κ3) is 5.17. The number of nitrogens with two attached hydrogens (primary N) is 1. The molecular weight excluding hydrogens is 188 g/mol. The monoisotopic (exact) mass is 212 g/mol. The number of hydrogen-bond acceptors (Lipinski definition) is 2. The fraction of sp³-hybridized carbons (Fsp3) is 0.917. The van der Waals surface area contributed by atoms with Crippen molar-refractivity contribution in [2.75, 3.05) is 0 Å². The zero-order valence-electron chi connectivity index (χ0n) is 10.2. The highest BCUT2D eigenvalue weighted by Gasteiger charge is 2.22. The minimum absolute atomic E-state index is 0.00919. The van der Waals surface area contributed by atoms with Gasteiger partial charge < -0.3 is 11.1 Å². The molecule has 1 rings (SSSR count). The first kappa shape index (κ1) is 12.5. The lowest BCUT2D eigenvalue weighted by Gasteiger charge is -2.28. The average Bonchev–Trinajstić information content (AvgIpc) is 1.92. The molecule has 0 aromatic carbocycles. The molecule has 1 amide bonds. The standard InChI is InChI=1S/C12H24N2O/c1-12(2,3)8-9(13)7-11(15)14-10-5-4-6-10/h9-10H,4-8,13H2,1-3H3,(H,14,15). The molecule has 0 heterocycles. The largest absolute Gasteiger partial charge is 0.353 e. The predicted octanol–water partition coefficient (Wildman–Crippen LogP) is 1.81. The van der Waals surface area contributed by atoms with E-state index in [1.165, 1.54) is 6.42 Å². The lowest BCUT2D eigenvalue weighted by atomic mass is 9.87. The van der Waals surface area contributed by atoms with Gasteiger partial charge in [-0.25, -0.2) is 0 Å². The van der Waals surface area contributed by atoms with Gasteiger partial charge in [-0.1, -0.05) is 20.8 Å². The summed E-state index contributed by atoms with van der Waals surface area (Å²) in [7, 11) is 0. The van der Waals surface area contributed by atoms with Crippen LogP contribution in [0.1, 0.15) is 52.9 Å². The first-order chi connectivity index (χ1) is 6.87. The zero-order valence-corrected chi connectivity index (χ0v) is 10.2. The predicted molar refractivity (Wildman–Crippen MR) is 62.4 cm³/mol. The molecule has 0 bridgehead atoms. The second-order valence-electron chi connectivity index (χ2n) is 5.92. The van der Waals surface area contributed by atoms with Gasteiger partial charge in [-0.3, -0.25) is 4.79 Å². The number of hydrogen-bond donors (Lipinski definition) is 2. The Kier molecular flexibility index (Phi) is 4.14. The van der Waals surface area contributed by atoms with Crippen LogP contribution in [0.2, 0.25) is 0 Å². The third-order valence-electron chi connectivity index (χ3n) is 2.79. The molecule has 0 spiro atoms. The highest BCUT2D eigenvalue weighted by molar-refractivity contribution is 5.76. The summed E-state index contributed by atoms with van der Waals surface area (Å²) in [6.45, 7) is 6.45. The first-order valence-corrected chi connectivity index (χ1v) is 5.92. The number of carbonyl (C=O) groups is 1. The van der Waals surface area contributed by atoms with Crippen molar-refractivity contribution < 1.29 is 4.79 Å². The van der Waals surface area contributed by atoms with Crippen molar-refractivity contribution >= 4 is 5.91 Å². The topological polar surface area (TPSA) is 55.1 Å². The van der Waals surface area contributed by atoms with Crippen molar-refractivity contribution in [2.45, 2.75) is 65.0 Å². The summed E-state index contributed by atoms with van der Waals surface area (Å²) in [5.41, 5.74) is 6.14. The van der Waals surface area contributed by atoms with Gasteiger partial charge in [0.05, 0.1) is 0 Å². The van der Waals surface area contributed by atoms with Crippen LogP contribution >= 0.6 is 0 Å². The maximum atomic E-state index is 11.6. The van der Waals surface area contributed by atoms with E-state index >= 15 is 0 Å². The van der Waals surface area contributed by atoms with Crippen LogP contribution in [0.25, 0.3) is 0 Å². The molecular formula is C12H24N2O. The Morgan fingerprint density at radius 2 is 2.07 bits per heavy atom. The second kappa shape index (κ2) is 4.97. The quantitative estimate of drug-likeness (QED) is 0.746. The van der Waals surface area contributed by atoms with Crippen LogP contribution in [0.15, 0.2) is 0 Å². The van der Waals surface area contributed by atoms with Gasteiger partial charge in [0, 0.05) is 18.5 Å². The van der Waals surface area contributed by atoms with Crippen LogP contribution in [-0.4, -0.2) is 18.0 Å². The van der Waals surface area contributed by atoms with Gasteiger partial charge in [0.25, 0.3) is 0 Å². The first-order valence-electron chi connectivity index (χ1n) is 5.92. The van der Waals surface area contributed by atoms with Crippen LogP contribution in [-0.2, 0) is 4.79 Å². The van der Waals surface area contributed by atoms with E-state index < -0.39 is 0 Å². The highest BCUT2D eigenvalue weighted by Crippen LogP contribution is 2.22. The Morgan fingerprint density at radius 3 is 2.47 bits per heavy atom. The van der Waals surface area contributed by atoms with Gasteiger partial charge in [-0.15, -0.1) is 0 Å². The van der Waals surface area contributed by atoms with Crippen molar-refractivity contribution in [3.8, 4) is 0 Å². The summed E-state index contributed by atoms with van der Waals surface area (Å²) < 4.78 is 0. The van der Waals surface area contributed by atoms with Crippen LogP contribution in [0, 0.1) is 5.41 Å². The minimum atomic E-state index is -0.00919. The fourth-order valence-electron chi connectivity index (χ4n) is 1.94. The van der Waals surface area contributed by atoms with Gasteiger partial charge >= 0.3 is 0 Å². The van der Waals surface area contributed by atoms with E-state index in [0.29, 0.717) is 12.5 Å². The molecule has 0 aromatic rings. The molecule has 3 nitrogen and oxygen atoms in total. The van der Waals surface area contributed by atoms with Gasteiger partial charge in [-0.2, -0.15) is 0 Å². The molecule has 0 saturated heterocycles. The summed E-state index contributed by atoms with van der Waals surface area (Å²) in [6, 6.07) is 0.421. The fourth-order valence-corrected chi connectivity index (χ4v) is 1.94. The van der Waals surface area contributed by atoms with E-state index in [2.05, 4.69) is 26.1 Å². The summed E-state index contributed by atoms with van der Waals surface area (Å²) in [5, 5.41) is 3.01. The molecule has 88 valence electrons. The SMILES string of the molecule is CC(C)(C)CC(N)CC(=O)NC1CCC1. The minimum Gasteiger partial charge on any atom is -0.353 e. The van der Waals surface area contributed by atoms with Crippen LogP contribution in [0.5, 0.6) is 0 Å². The van der Waals surface area contributed by atoms with Gasteiger partial charge in [-0.05, 0) is 31.1 Å². The van der Waals surface area contributed by atoms with E-state index in [-0.39, 0.29) is 17.4 Å². The maximum absolute atomic E-state index is 11.6. The van der Waals surface area contributed by atoms with Crippen LogP contribution in [0.3, 0.4) is 0 Å². The maximum Gasteiger partial charge on any atom is 0.221 e. The van der Waals surface area contributed by atoms with Crippen molar-refractivity contribution in [3.05, 3.63) is 0 Å². The molecule has 0 aromatic heterocycles. The van der Waals surface area contributed by atoms with E-state index in [1.807, 2.05) is 0 Å². The molecule has 1 saturated carbocycles. The Bertz CT molecular complexity index is 216. The van der Waals surface area contributed by atoms with Gasteiger partial charge in [0.2, 0.25) is 5.91 Å². The van der Waals surface area contributed by atoms with E-state index in [0.717, 1.165) is 19.3 Å². The Morgan fingerprint density at radius 1 is 1.47 bits per heavy atom. The summed E-state index contributed by atoms with van der Waals surface area (Å²) in [4.78, 5) is 11.6. The normalized spacial score (nSPS) is 19.5. The Balaban J connectivity index is 2.18. The summed E-state index contributed by atoms with van der Waals surface area (Å²) in [6.07, 6.45) is 4.89. The lowest BCUT2D eigenvalue weighted by Crippen LogP contribution is -2.42. The molecule has 1 aliphatic carbocycles. The van der Waals surface area contributed by atoms with E-state index in [9.17, 15) is 4.79 Å². The van der Waals surface area contributed by atoms with Crippen LogP contribution in [0.4, 0.5) is 0 Å². The molecule has 0 aliphatic heterocycles. The van der Waals surface area contributed by atoms with Crippen molar-refractivity contribution in [2.24, 2.45) is 11.1 Å². The molecule has 1 fully saturated rings. The van der Waals surface area contributed by atoms with Gasteiger partial charge in [0.15, 0.2) is 0 Å². The Labute approximate surface area is 92.8 Å². The molecule has 1 aliphatic rings. The van der Waals surface area contributed by atoms with Crippen molar-refractivity contribution in [3.63, 3.8) is 0 Å². The lowest BCUT2D eigenvalue weighted by molar-refractivity contribution is -0.122. The Hall–Kier alpha value is -0.570. The molecule has 1 unspecified atom stereocenters. The van der Waals surface area contributed by atoms with Crippen molar-refractivity contribution in [1.82, 2.24) is 5.32 Å². The summed E-state index contributed by atoms with van der Waals surface area (Å²) >= 11 is 0. The smallest absolute Gasteiger partial charge is 0.221 e. The third-order valence-corrected chi connectivity index (χ3v) is 2.79. The van der Waals surface area contributed by atoms with Gasteiger partial charge in [0.1, 0.15) is 0 Å². The van der Waals surface area contributed by atoms with Crippen LogP contribution < -0.4 is 11.1 Å². The second-order valence-corrected chi connectivity index (χ2v) is 5.92. The molecule has 15 heavy (non-hydrogen) atoms. The summed E-state index contributed by atoms with van der Waals surface area (Å²) in [5.74, 6) is 0.122. The zero-order chi connectivity index (χ0) is 11.5. The number of nitrogens with one attached hydrogen (secondary N) is 1. The number of rotatable bonds is 4. The molecule has 3 heteroatoms. The molecule has 1 atom stereocenters. The number of carbonyl (C=O) groups excluding carboxylic acids is 1. The molecule has 3 N–H and O–H groups in total. The number of amides is 1. The highest BCUT2D eigenvalue weighted by atomic mass is 16.1. The van der Waals surface area contributed by atoms with Crippen molar-refractivity contribution in [1.29, 1.82) is 0 Å². The average molecular weight is 212 g/mol. The van der Waals surface area contributed by atoms with E-state index in [1.54, 1.807) is 0 Å². The van der Waals surface area contributed by atoms with E-state index in [4.69, 9.17) is 5.73 Å². The molecule has 0 radical (unpaired) electrons.